The van der Waals surface area contributed by atoms with Gasteiger partial charge >= 0.3 is 4.87 Å². The van der Waals surface area contributed by atoms with Crippen LogP contribution in [0.5, 0.6) is 17.2 Å². The van der Waals surface area contributed by atoms with E-state index in [1.165, 1.54) is 0 Å². The van der Waals surface area contributed by atoms with E-state index in [0.717, 1.165) is 22.5 Å². The molecule has 4 rings (SSSR count). The molecule has 1 amide bonds. The fourth-order valence-corrected chi connectivity index (χ4v) is 4.10. The summed E-state index contributed by atoms with van der Waals surface area (Å²) < 4.78 is 17.6. The van der Waals surface area contributed by atoms with Gasteiger partial charge in [0.1, 0.15) is 10.6 Å². The van der Waals surface area contributed by atoms with Gasteiger partial charge in [-0.15, -0.1) is 0 Å². The van der Waals surface area contributed by atoms with Crippen molar-refractivity contribution in [3.63, 3.8) is 0 Å². The minimum absolute atomic E-state index is 0.179. The minimum atomic E-state index is -0.277. The Morgan fingerprint density at radius 1 is 1.21 bits per heavy atom. The van der Waals surface area contributed by atoms with Crippen LogP contribution in [-0.2, 0) is 13.1 Å². The zero-order valence-corrected chi connectivity index (χ0v) is 16.9. The lowest BCUT2D eigenvalue weighted by molar-refractivity contribution is 0.0953. The number of nitrogens with one attached hydrogen (secondary N) is 1. The van der Waals surface area contributed by atoms with E-state index in [-0.39, 0.29) is 17.6 Å². The Balaban J connectivity index is 1.49. The largest absolute Gasteiger partial charge is 0.496 e. The van der Waals surface area contributed by atoms with E-state index in [2.05, 4.69) is 5.32 Å². The summed E-state index contributed by atoms with van der Waals surface area (Å²) in [7, 11) is 1.59. The molecule has 1 aliphatic rings. The molecular formula is C21H20N2O5S. The Morgan fingerprint density at radius 2 is 2.00 bits per heavy atom. The number of rotatable bonds is 6. The Labute approximate surface area is 171 Å². The highest BCUT2D eigenvalue weighted by Gasteiger charge is 2.19. The number of carbonyl (C=O) groups is 1. The molecule has 0 aliphatic carbocycles. The van der Waals surface area contributed by atoms with E-state index in [1.54, 1.807) is 18.6 Å². The van der Waals surface area contributed by atoms with Crippen LogP contribution in [0.25, 0.3) is 0 Å². The number of fused-ring (bicyclic) bond motifs is 1. The lowest BCUT2D eigenvalue weighted by Gasteiger charge is -2.10. The van der Waals surface area contributed by atoms with E-state index in [9.17, 15) is 9.59 Å². The Hall–Kier alpha value is -3.26. The van der Waals surface area contributed by atoms with Crippen molar-refractivity contribution in [2.75, 3.05) is 13.9 Å². The molecule has 0 radical (unpaired) electrons. The third-order valence-corrected chi connectivity index (χ3v) is 5.84. The molecule has 7 nitrogen and oxygen atoms in total. The Kier molecular flexibility index (Phi) is 5.26. The number of amides is 1. The lowest BCUT2D eigenvalue weighted by atomic mass is 10.2. The molecule has 8 heteroatoms. The molecule has 2 heterocycles. The molecule has 1 aliphatic heterocycles. The monoisotopic (exact) mass is 412 g/mol. The van der Waals surface area contributed by atoms with Gasteiger partial charge in [-0.3, -0.25) is 14.2 Å². The summed E-state index contributed by atoms with van der Waals surface area (Å²) in [5.74, 6) is 1.79. The minimum Gasteiger partial charge on any atom is -0.496 e. The molecule has 3 aromatic rings. The molecule has 29 heavy (non-hydrogen) atoms. The van der Waals surface area contributed by atoms with Gasteiger partial charge in [0.15, 0.2) is 11.5 Å². The van der Waals surface area contributed by atoms with Gasteiger partial charge in [0.05, 0.1) is 13.7 Å². The quantitative estimate of drug-likeness (QED) is 0.674. The summed E-state index contributed by atoms with van der Waals surface area (Å²) in [6.07, 6.45) is 0. The molecule has 0 saturated heterocycles. The summed E-state index contributed by atoms with van der Waals surface area (Å²) in [5, 5.41) is 2.87. The first kappa shape index (κ1) is 19.1. The number of methoxy groups -OCH3 is 1. The standard InChI is InChI=1S/C21H20N2O5S/c1-13-19(20(24)22-10-14-7-8-17-18(9-14)28-12-27-17)29-21(25)23(13)11-15-5-3-4-6-16(15)26-2/h3-9H,10-12H2,1-2H3,(H,22,24). The normalized spacial score (nSPS) is 12.1. The van der Waals surface area contributed by atoms with E-state index in [0.29, 0.717) is 40.9 Å². The third-order valence-electron chi connectivity index (χ3n) is 4.76. The van der Waals surface area contributed by atoms with Crippen LogP contribution in [0.15, 0.2) is 47.3 Å². The van der Waals surface area contributed by atoms with Crippen LogP contribution < -0.4 is 24.4 Å². The summed E-state index contributed by atoms with van der Waals surface area (Å²) in [6.45, 7) is 2.66. The molecule has 2 aromatic carbocycles. The van der Waals surface area contributed by atoms with Gasteiger partial charge in [-0.2, -0.15) is 0 Å². The maximum absolute atomic E-state index is 12.7. The van der Waals surface area contributed by atoms with Gasteiger partial charge in [0, 0.05) is 17.8 Å². The van der Waals surface area contributed by atoms with Gasteiger partial charge in [-0.25, -0.2) is 0 Å². The van der Waals surface area contributed by atoms with Crippen molar-refractivity contribution < 1.29 is 19.0 Å². The number of benzene rings is 2. The molecule has 0 atom stereocenters. The molecule has 0 spiro atoms. The van der Waals surface area contributed by atoms with Crippen molar-refractivity contribution in [2.45, 2.75) is 20.0 Å². The van der Waals surface area contributed by atoms with Crippen molar-refractivity contribution >= 4 is 17.2 Å². The molecule has 0 saturated carbocycles. The number of para-hydroxylation sites is 1. The molecule has 0 fully saturated rings. The third kappa shape index (κ3) is 3.84. The molecule has 150 valence electrons. The molecule has 1 N–H and O–H groups in total. The summed E-state index contributed by atoms with van der Waals surface area (Å²) >= 11 is 0.947. The zero-order valence-electron chi connectivity index (χ0n) is 16.1. The van der Waals surface area contributed by atoms with Gasteiger partial charge in [-0.1, -0.05) is 35.6 Å². The van der Waals surface area contributed by atoms with Gasteiger partial charge in [-0.05, 0) is 30.7 Å². The molecule has 1 aromatic heterocycles. The van der Waals surface area contributed by atoms with Crippen LogP contribution in [0.3, 0.4) is 0 Å². The summed E-state index contributed by atoms with van der Waals surface area (Å²) in [5.41, 5.74) is 2.40. The van der Waals surface area contributed by atoms with Crippen molar-refractivity contribution in [3.05, 3.63) is 73.8 Å². The van der Waals surface area contributed by atoms with Crippen LogP contribution in [0.2, 0.25) is 0 Å². The molecule has 0 unspecified atom stereocenters. The average Bonchev–Trinajstić information content (AvgIpc) is 3.31. The van der Waals surface area contributed by atoms with Crippen LogP contribution in [0, 0.1) is 6.92 Å². The summed E-state index contributed by atoms with van der Waals surface area (Å²) in [4.78, 5) is 25.4. The highest BCUT2D eigenvalue weighted by atomic mass is 32.1. The molecule has 0 bridgehead atoms. The molecular weight excluding hydrogens is 392 g/mol. The van der Waals surface area contributed by atoms with E-state index in [4.69, 9.17) is 14.2 Å². The van der Waals surface area contributed by atoms with Crippen LogP contribution >= 0.6 is 11.3 Å². The van der Waals surface area contributed by atoms with Gasteiger partial charge < -0.3 is 19.5 Å². The van der Waals surface area contributed by atoms with Gasteiger partial charge in [0.25, 0.3) is 5.91 Å². The fourth-order valence-electron chi connectivity index (χ4n) is 3.19. The van der Waals surface area contributed by atoms with Crippen LogP contribution in [0.4, 0.5) is 0 Å². The average molecular weight is 412 g/mol. The zero-order chi connectivity index (χ0) is 20.4. The number of aromatic nitrogens is 1. The maximum atomic E-state index is 12.7. The predicted octanol–water partition coefficient (Wildman–Crippen LogP) is 2.93. The van der Waals surface area contributed by atoms with Crippen LogP contribution in [0.1, 0.15) is 26.5 Å². The Bertz CT molecular complexity index is 1120. The number of nitrogens with zero attached hydrogens (tertiary/aromatic N) is 1. The highest BCUT2D eigenvalue weighted by molar-refractivity contribution is 7.11. The number of thiazole rings is 1. The van der Waals surface area contributed by atoms with Crippen molar-refractivity contribution in [1.82, 2.24) is 9.88 Å². The van der Waals surface area contributed by atoms with Crippen molar-refractivity contribution in [2.24, 2.45) is 0 Å². The van der Waals surface area contributed by atoms with E-state index >= 15 is 0 Å². The first-order chi connectivity index (χ1) is 14.1. The fraction of sp³-hybridized carbons (Fsp3) is 0.238. The highest BCUT2D eigenvalue weighted by Crippen LogP contribution is 2.32. The number of hydrogen-bond donors (Lipinski definition) is 1. The van der Waals surface area contributed by atoms with E-state index in [1.807, 2.05) is 42.5 Å². The second-order valence-corrected chi connectivity index (χ2v) is 7.51. The topological polar surface area (TPSA) is 78.8 Å². The maximum Gasteiger partial charge on any atom is 0.308 e. The first-order valence-corrected chi connectivity index (χ1v) is 9.87. The Morgan fingerprint density at radius 3 is 2.83 bits per heavy atom. The second kappa shape index (κ2) is 8.00. The lowest BCUT2D eigenvalue weighted by Crippen LogP contribution is -2.23. The first-order valence-electron chi connectivity index (χ1n) is 9.05. The van der Waals surface area contributed by atoms with Crippen LogP contribution in [-0.4, -0.2) is 24.4 Å². The summed E-state index contributed by atoms with van der Waals surface area (Å²) in [6, 6.07) is 13.0. The van der Waals surface area contributed by atoms with Crippen molar-refractivity contribution in [3.8, 4) is 17.2 Å². The van der Waals surface area contributed by atoms with E-state index < -0.39 is 0 Å². The number of ether oxygens (including phenoxy) is 3. The smallest absolute Gasteiger partial charge is 0.308 e. The second-order valence-electron chi connectivity index (χ2n) is 6.55. The number of hydrogen-bond acceptors (Lipinski definition) is 6. The number of carbonyl (C=O) groups excluding carboxylic acids is 1. The van der Waals surface area contributed by atoms with Gasteiger partial charge in [0.2, 0.25) is 6.79 Å². The van der Waals surface area contributed by atoms with Crippen molar-refractivity contribution in [1.29, 1.82) is 0 Å². The SMILES string of the molecule is COc1ccccc1Cn1c(C)c(C(=O)NCc2ccc3c(c2)OCO3)sc1=O. The predicted molar refractivity (Wildman–Crippen MR) is 109 cm³/mol.